The van der Waals surface area contributed by atoms with Gasteiger partial charge in [-0.15, -0.1) is 0 Å². The van der Waals surface area contributed by atoms with Gasteiger partial charge in [0.1, 0.15) is 31.5 Å². The third kappa shape index (κ3) is 4.95. The summed E-state index contributed by atoms with van der Waals surface area (Å²) in [6, 6.07) is 10.4. The van der Waals surface area contributed by atoms with Crippen LogP contribution in [0, 0.1) is 16.7 Å². The number of carbonyl (C=O) groups is 3. The summed E-state index contributed by atoms with van der Waals surface area (Å²) in [7, 11) is 0. The molecule has 2 saturated heterocycles. The summed E-state index contributed by atoms with van der Waals surface area (Å²) in [5, 5.41) is 9.42. The zero-order chi connectivity index (χ0) is 26.9. The van der Waals surface area contributed by atoms with Crippen molar-refractivity contribution >= 4 is 17.9 Å². The molecule has 0 N–H and O–H groups in total. The monoisotopic (exact) mass is 528 g/mol. The molecule has 1 aromatic carbocycles. The fourth-order valence-electron chi connectivity index (χ4n) is 6.76. The van der Waals surface area contributed by atoms with Gasteiger partial charge in [-0.05, 0) is 50.5 Å². The molecule has 5 aliphatic rings. The molecule has 38 heavy (non-hydrogen) atoms. The molecule has 204 valence electrons. The molecular weight excluding hydrogens is 494 g/mol. The van der Waals surface area contributed by atoms with Crippen LogP contribution in [0.3, 0.4) is 0 Å². The standard InChI is InChI=1S/C28H34F2N4O4/c29-21-6-13-32(16-21)25(36)27-7-10-28(11-8-27,12-9-27)34(26(37)38-19-20-4-2-1-3-5-20)18-24(35)33-17-22(30)14-23(33)15-31/h1-5,21-23H,6-14,16-19H2. The number of nitrogens with zero attached hydrogens (tertiary/aromatic N) is 4. The van der Waals surface area contributed by atoms with E-state index in [0.717, 1.165) is 5.56 Å². The lowest BCUT2D eigenvalue weighted by atomic mass is 9.56. The van der Waals surface area contributed by atoms with Gasteiger partial charge in [-0.2, -0.15) is 5.26 Å². The Kier molecular flexibility index (Phi) is 7.30. The lowest BCUT2D eigenvalue weighted by Gasteiger charge is -2.56. The molecule has 3 aliphatic carbocycles. The van der Waals surface area contributed by atoms with E-state index in [0.29, 0.717) is 51.5 Å². The predicted molar refractivity (Wildman–Crippen MR) is 133 cm³/mol. The first-order chi connectivity index (χ1) is 18.2. The van der Waals surface area contributed by atoms with Gasteiger partial charge >= 0.3 is 6.09 Å². The van der Waals surface area contributed by atoms with Crippen molar-refractivity contribution in [1.82, 2.24) is 14.7 Å². The van der Waals surface area contributed by atoms with Crippen molar-refractivity contribution in [2.75, 3.05) is 26.2 Å². The van der Waals surface area contributed by atoms with Crippen LogP contribution in [0.1, 0.15) is 56.9 Å². The van der Waals surface area contributed by atoms with Crippen molar-refractivity contribution in [3.05, 3.63) is 35.9 Å². The number of likely N-dealkylation sites (tertiary alicyclic amines) is 2. The van der Waals surface area contributed by atoms with E-state index in [4.69, 9.17) is 4.74 Å². The molecule has 2 aliphatic heterocycles. The van der Waals surface area contributed by atoms with E-state index in [9.17, 15) is 28.4 Å². The number of nitriles is 1. The van der Waals surface area contributed by atoms with E-state index < -0.39 is 41.3 Å². The maximum Gasteiger partial charge on any atom is 0.411 e. The van der Waals surface area contributed by atoms with Crippen LogP contribution in [0.4, 0.5) is 13.6 Å². The molecule has 5 fully saturated rings. The van der Waals surface area contributed by atoms with Crippen molar-refractivity contribution in [3.8, 4) is 6.07 Å². The summed E-state index contributed by atoms with van der Waals surface area (Å²) in [6.45, 7) is 0.142. The van der Waals surface area contributed by atoms with Crippen molar-refractivity contribution in [3.63, 3.8) is 0 Å². The van der Waals surface area contributed by atoms with E-state index in [2.05, 4.69) is 0 Å². The first kappa shape index (κ1) is 26.4. The molecule has 3 amide bonds. The predicted octanol–water partition coefficient (Wildman–Crippen LogP) is 3.75. The minimum atomic E-state index is -1.27. The Bertz CT molecular complexity index is 1090. The van der Waals surface area contributed by atoms with Crippen LogP contribution in [0.25, 0.3) is 0 Å². The minimum Gasteiger partial charge on any atom is -0.445 e. The van der Waals surface area contributed by atoms with Crippen LogP contribution in [0.5, 0.6) is 0 Å². The van der Waals surface area contributed by atoms with Gasteiger partial charge in [-0.25, -0.2) is 13.6 Å². The SMILES string of the molecule is N#CC1CC(F)CN1C(=O)CN(C(=O)OCc1ccccc1)C12CCC(C(=O)N3CCC(F)C3)(CC1)CC2. The third-order valence-corrected chi connectivity index (χ3v) is 9.09. The smallest absolute Gasteiger partial charge is 0.411 e. The molecule has 3 saturated carbocycles. The van der Waals surface area contributed by atoms with Gasteiger partial charge in [-0.3, -0.25) is 14.5 Å². The lowest BCUT2D eigenvalue weighted by molar-refractivity contribution is -0.153. The topological polar surface area (TPSA) is 94.0 Å². The van der Waals surface area contributed by atoms with E-state index >= 15 is 0 Å². The summed E-state index contributed by atoms with van der Waals surface area (Å²) >= 11 is 0. The van der Waals surface area contributed by atoms with Gasteiger partial charge in [0.05, 0.1) is 19.2 Å². The zero-order valence-corrected chi connectivity index (χ0v) is 21.5. The van der Waals surface area contributed by atoms with Crippen LogP contribution < -0.4 is 0 Å². The quantitative estimate of drug-likeness (QED) is 0.561. The summed E-state index contributed by atoms with van der Waals surface area (Å²) in [5.74, 6) is -0.476. The van der Waals surface area contributed by atoms with Gasteiger partial charge in [-0.1, -0.05) is 30.3 Å². The highest BCUT2D eigenvalue weighted by Gasteiger charge is 2.57. The second-order valence-corrected chi connectivity index (χ2v) is 11.3. The van der Waals surface area contributed by atoms with Crippen LogP contribution in [-0.4, -0.2) is 82.7 Å². The van der Waals surface area contributed by atoms with Gasteiger partial charge < -0.3 is 14.5 Å². The highest BCUT2D eigenvalue weighted by Crippen LogP contribution is 2.55. The van der Waals surface area contributed by atoms with Gasteiger partial charge in [0.2, 0.25) is 11.8 Å². The van der Waals surface area contributed by atoms with E-state index in [1.165, 1.54) is 9.80 Å². The molecule has 2 heterocycles. The maximum atomic E-state index is 14.0. The van der Waals surface area contributed by atoms with E-state index in [1.54, 1.807) is 4.90 Å². The van der Waals surface area contributed by atoms with E-state index in [-0.39, 0.29) is 38.6 Å². The number of fused-ring (bicyclic) bond motifs is 3. The molecule has 10 heteroatoms. The summed E-state index contributed by atoms with van der Waals surface area (Å²) in [4.78, 5) is 44.5. The van der Waals surface area contributed by atoms with Gasteiger partial charge in [0.15, 0.2) is 0 Å². The summed E-state index contributed by atoms with van der Waals surface area (Å²) in [5.41, 5.74) is -0.420. The van der Waals surface area contributed by atoms with Gasteiger partial charge in [0, 0.05) is 23.9 Å². The number of hydrogen-bond acceptors (Lipinski definition) is 5. The molecule has 0 radical (unpaired) electrons. The summed E-state index contributed by atoms with van der Waals surface area (Å²) in [6.07, 6.45) is 0.660. The van der Waals surface area contributed by atoms with Crippen molar-refractivity contribution < 1.29 is 27.9 Å². The highest BCUT2D eigenvalue weighted by atomic mass is 19.1. The number of benzene rings is 1. The number of halogens is 2. The van der Waals surface area contributed by atoms with E-state index in [1.807, 2.05) is 36.4 Å². The fourth-order valence-corrected chi connectivity index (χ4v) is 6.76. The van der Waals surface area contributed by atoms with Crippen molar-refractivity contribution in [2.24, 2.45) is 5.41 Å². The number of rotatable bonds is 6. The normalized spacial score (nSPS) is 32.2. The molecule has 8 nitrogen and oxygen atoms in total. The maximum absolute atomic E-state index is 14.0. The molecule has 2 bridgehead atoms. The van der Waals surface area contributed by atoms with Crippen molar-refractivity contribution in [2.45, 2.75) is 81.9 Å². The molecule has 6 rings (SSSR count). The second-order valence-electron chi connectivity index (χ2n) is 11.3. The molecule has 0 spiro atoms. The average Bonchev–Trinajstić information content (AvgIpc) is 3.56. The minimum absolute atomic E-state index is 0.00291. The molecule has 1 aromatic rings. The molecule has 0 aromatic heterocycles. The van der Waals surface area contributed by atoms with Crippen molar-refractivity contribution in [1.29, 1.82) is 5.26 Å². The lowest BCUT2D eigenvalue weighted by Crippen LogP contribution is -2.63. The Hall–Kier alpha value is -3.22. The second kappa shape index (κ2) is 10.5. The highest BCUT2D eigenvalue weighted by molar-refractivity contribution is 5.85. The number of hydrogen-bond donors (Lipinski definition) is 0. The number of carbonyl (C=O) groups excluding carboxylic acids is 3. The van der Waals surface area contributed by atoms with Crippen LogP contribution in [-0.2, 0) is 20.9 Å². The third-order valence-electron chi connectivity index (χ3n) is 9.09. The van der Waals surface area contributed by atoms with Crippen LogP contribution >= 0.6 is 0 Å². The van der Waals surface area contributed by atoms with Gasteiger partial charge in [0.25, 0.3) is 0 Å². The molecule has 3 atom stereocenters. The zero-order valence-electron chi connectivity index (χ0n) is 21.5. The molecule has 3 unspecified atom stereocenters. The summed E-state index contributed by atoms with van der Waals surface area (Å²) < 4.78 is 33.5. The Labute approximate surface area is 221 Å². The largest absolute Gasteiger partial charge is 0.445 e. The average molecular weight is 529 g/mol. The fraction of sp³-hybridized carbons (Fsp3) is 0.643. The Balaban J connectivity index is 1.33. The Morgan fingerprint density at radius 2 is 1.71 bits per heavy atom. The number of ether oxygens (including phenoxy) is 1. The molecular formula is C28H34F2N4O4. The number of alkyl halides is 2. The van der Waals surface area contributed by atoms with Crippen LogP contribution in [0.2, 0.25) is 0 Å². The Morgan fingerprint density at radius 3 is 2.32 bits per heavy atom. The van der Waals surface area contributed by atoms with Crippen LogP contribution in [0.15, 0.2) is 30.3 Å². The first-order valence-corrected chi connectivity index (χ1v) is 13.5. The first-order valence-electron chi connectivity index (χ1n) is 13.5. The Morgan fingerprint density at radius 1 is 1.03 bits per heavy atom. The number of amides is 3.